The SMILES string of the molecule is N#C/C(=C\c1ccc(N2CCN(c3ccccc3)CC2)cc1)c1nc2ccccc2s1. The van der Waals surface area contributed by atoms with E-state index in [-0.39, 0.29) is 0 Å². The molecule has 4 aromatic rings. The van der Waals surface area contributed by atoms with E-state index >= 15 is 0 Å². The third kappa shape index (κ3) is 4.16. The van der Waals surface area contributed by atoms with Crippen LogP contribution in [0, 0.1) is 11.3 Å². The van der Waals surface area contributed by atoms with Crippen molar-refractivity contribution in [2.24, 2.45) is 0 Å². The van der Waals surface area contributed by atoms with Gasteiger partial charge >= 0.3 is 0 Å². The number of piperazine rings is 1. The Kier molecular flexibility index (Phi) is 5.39. The van der Waals surface area contributed by atoms with E-state index in [9.17, 15) is 5.26 Å². The molecule has 5 heteroatoms. The van der Waals surface area contributed by atoms with Gasteiger partial charge < -0.3 is 9.80 Å². The zero-order chi connectivity index (χ0) is 21.0. The predicted molar refractivity (Wildman–Crippen MR) is 130 cm³/mol. The number of fused-ring (bicyclic) bond motifs is 1. The summed E-state index contributed by atoms with van der Waals surface area (Å²) in [5, 5.41) is 10.4. The molecule has 0 radical (unpaired) electrons. The third-order valence-electron chi connectivity index (χ3n) is 5.61. The van der Waals surface area contributed by atoms with Crippen LogP contribution in [-0.2, 0) is 0 Å². The molecule has 2 heterocycles. The van der Waals surface area contributed by atoms with Gasteiger partial charge in [-0.05, 0) is 48.0 Å². The maximum atomic E-state index is 9.68. The summed E-state index contributed by atoms with van der Waals surface area (Å²) in [6.07, 6.45) is 1.93. The predicted octanol–water partition coefficient (Wildman–Crippen LogP) is 5.69. The summed E-state index contributed by atoms with van der Waals surface area (Å²) >= 11 is 1.56. The Bertz CT molecular complexity index is 1210. The van der Waals surface area contributed by atoms with Crippen molar-refractivity contribution in [2.45, 2.75) is 0 Å². The largest absolute Gasteiger partial charge is 0.368 e. The molecular formula is C26H22N4S. The lowest BCUT2D eigenvalue weighted by atomic mass is 10.1. The van der Waals surface area contributed by atoms with Gasteiger partial charge in [0.2, 0.25) is 0 Å². The molecule has 1 aromatic heterocycles. The number of nitrogens with zero attached hydrogens (tertiary/aromatic N) is 4. The standard InChI is InChI=1S/C26H22N4S/c27-19-21(26-28-24-8-4-5-9-25(24)31-26)18-20-10-12-23(13-11-20)30-16-14-29(15-17-30)22-6-2-1-3-7-22/h1-13,18H,14-17H2/b21-18+. The van der Waals surface area contributed by atoms with Crippen LogP contribution in [-0.4, -0.2) is 31.2 Å². The number of allylic oxidation sites excluding steroid dienone is 1. The topological polar surface area (TPSA) is 43.2 Å². The molecule has 152 valence electrons. The van der Waals surface area contributed by atoms with Gasteiger partial charge in [0.1, 0.15) is 11.1 Å². The second-order valence-corrected chi connectivity index (χ2v) is 8.59. The summed E-state index contributed by atoms with van der Waals surface area (Å²) in [7, 11) is 0. The second kappa shape index (κ2) is 8.63. The van der Waals surface area contributed by atoms with Gasteiger partial charge in [-0.15, -0.1) is 11.3 Å². The Morgan fingerprint density at radius 2 is 1.42 bits per heavy atom. The normalized spacial score (nSPS) is 14.6. The summed E-state index contributed by atoms with van der Waals surface area (Å²) in [5.41, 5.74) is 5.08. The first kappa shape index (κ1) is 19.3. The van der Waals surface area contributed by atoms with Crippen LogP contribution in [0.25, 0.3) is 21.9 Å². The first-order valence-electron chi connectivity index (χ1n) is 10.4. The van der Waals surface area contributed by atoms with Crippen LogP contribution in [0.3, 0.4) is 0 Å². The molecule has 0 amide bonds. The number of benzene rings is 3. The molecule has 5 rings (SSSR count). The monoisotopic (exact) mass is 422 g/mol. The number of hydrogen-bond acceptors (Lipinski definition) is 5. The van der Waals surface area contributed by atoms with E-state index in [0.29, 0.717) is 5.57 Å². The van der Waals surface area contributed by atoms with Crippen LogP contribution in [0.4, 0.5) is 11.4 Å². The number of hydrogen-bond donors (Lipinski definition) is 0. The molecule has 4 nitrogen and oxygen atoms in total. The fourth-order valence-corrected chi connectivity index (χ4v) is 4.87. The van der Waals surface area contributed by atoms with E-state index < -0.39 is 0 Å². The second-order valence-electron chi connectivity index (χ2n) is 7.56. The fraction of sp³-hybridized carbons (Fsp3) is 0.154. The van der Waals surface area contributed by atoms with Gasteiger partial charge in [-0.1, -0.05) is 42.5 Å². The van der Waals surface area contributed by atoms with Gasteiger partial charge in [0.25, 0.3) is 0 Å². The van der Waals surface area contributed by atoms with Crippen molar-refractivity contribution in [1.29, 1.82) is 5.26 Å². The molecule has 1 fully saturated rings. The molecular weight excluding hydrogens is 400 g/mol. The van der Waals surface area contributed by atoms with Crippen LogP contribution in [0.1, 0.15) is 10.6 Å². The van der Waals surface area contributed by atoms with Crippen molar-refractivity contribution in [3.63, 3.8) is 0 Å². The summed E-state index contributed by atoms with van der Waals surface area (Å²) < 4.78 is 1.10. The molecule has 3 aromatic carbocycles. The van der Waals surface area contributed by atoms with Crippen molar-refractivity contribution in [3.8, 4) is 6.07 Å². The number of thiazole rings is 1. The van der Waals surface area contributed by atoms with Crippen molar-refractivity contribution >= 4 is 44.6 Å². The van der Waals surface area contributed by atoms with Crippen LogP contribution < -0.4 is 9.80 Å². The number of anilines is 2. The summed E-state index contributed by atoms with van der Waals surface area (Å²) in [4.78, 5) is 9.48. The lowest BCUT2D eigenvalue weighted by molar-refractivity contribution is 0.653. The average molecular weight is 423 g/mol. The minimum absolute atomic E-state index is 0.602. The quantitative estimate of drug-likeness (QED) is 0.397. The Hall–Kier alpha value is -3.62. The summed E-state index contributed by atoms with van der Waals surface area (Å²) in [6, 6.07) is 29.4. The van der Waals surface area contributed by atoms with Crippen molar-refractivity contribution in [2.75, 3.05) is 36.0 Å². The van der Waals surface area contributed by atoms with Crippen molar-refractivity contribution in [1.82, 2.24) is 4.98 Å². The number of aromatic nitrogens is 1. The summed E-state index contributed by atoms with van der Waals surface area (Å²) in [6.45, 7) is 4.03. The smallest absolute Gasteiger partial charge is 0.135 e. The highest BCUT2D eigenvalue weighted by atomic mass is 32.1. The first-order valence-corrected chi connectivity index (χ1v) is 11.2. The molecule has 0 unspecified atom stereocenters. The minimum atomic E-state index is 0.602. The van der Waals surface area contributed by atoms with Gasteiger partial charge in [0.05, 0.1) is 15.8 Å². The molecule has 1 saturated heterocycles. The fourth-order valence-electron chi connectivity index (χ4n) is 3.94. The number of para-hydroxylation sites is 2. The molecule has 0 aliphatic carbocycles. The van der Waals surface area contributed by atoms with Crippen LogP contribution in [0.5, 0.6) is 0 Å². The molecule has 0 N–H and O–H groups in total. The van der Waals surface area contributed by atoms with Gasteiger partial charge in [0.15, 0.2) is 0 Å². The number of rotatable bonds is 4. The van der Waals surface area contributed by atoms with E-state index in [1.54, 1.807) is 11.3 Å². The molecule has 1 aliphatic rings. The Balaban J connectivity index is 1.29. The molecule has 0 atom stereocenters. The Morgan fingerprint density at radius 1 is 0.806 bits per heavy atom. The van der Waals surface area contributed by atoms with E-state index in [0.717, 1.165) is 47.0 Å². The Morgan fingerprint density at radius 3 is 2.06 bits per heavy atom. The highest BCUT2D eigenvalue weighted by Gasteiger charge is 2.17. The summed E-state index contributed by atoms with van der Waals surface area (Å²) in [5.74, 6) is 0. The Labute approximate surface area is 186 Å². The molecule has 31 heavy (non-hydrogen) atoms. The lowest BCUT2D eigenvalue weighted by Gasteiger charge is -2.37. The maximum absolute atomic E-state index is 9.68. The van der Waals surface area contributed by atoms with Crippen molar-refractivity contribution in [3.05, 3.63) is 89.4 Å². The van der Waals surface area contributed by atoms with E-state index in [1.165, 1.54) is 11.4 Å². The van der Waals surface area contributed by atoms with Crippen LogP contribution >= 0.6 is 11.3 Å². The van der Waals surface area contributed by atoms with Gasteiger partial charge in [0, 0.05) is 37.6 Å². The van der Waals surface area contributed by atoms with E-state index in [4.69, 9.17) is 0 Å². The molecule has 1 aliphatic heterocycles. The minimum Gasteiger partial charge on any atom is -0.368 e. The molecule has 0 bridgehead atoms. The van der Waals surface area contributed by atoms with Crippen LogP contribution in [0.15, 0.2) is 78.9 Å². The van der Waals surface area contributed by atoms with E-state index in [1.807, 2.05) is 30.3 Å². The zero-order valence-electron chi connectivity index (χ0n) is 17.1. The average Bonchev–Trinajstić information content (AvgIpc) is 3.28. The third-order valence-corrected chi connectivity index (χ3v) is 6.68. The highest BCUT2D eigenvalue weighted by molar-refractivity contribution is 7.19. The highest BCUT2D eigenvalue weighted by Crippen LogP contribution is 2.28. The molecule has 0 saturated carbocycles. The van der Waals surface area contributed by atoms with E-state index in [2.05, 4.69) is 75.5 Å². The maximum Gasteiger partial charge on any atom is 0.135 e. The van der Waals surface area contributed by atoms with Crippen molar-refractivity contribution < 1.29 is 0 Å². The first-order chi connectivity index (χ1) is 15.3. The lowest BCUT2D eigenvalue weighted by Crippen LogP contribution is -2.46. The molecule has 0 spiro atoms. The number of nitriles is 1. The van der Waals surface area contributed by atoms with Crippen LogP contribution in [0.2, 0.25) is 0 Å². The zero-order valence-corrected chi connectivity index (χ0v) is 17.9. The van der Waals surface area contributed by atoms with Gasteiger partial charge in [-0.25, -0.2) is 4.98 Å². The van der Waals surface area contributed by atoms with Gasteiger partial charge in [-0.2, -0.15) is 5.26 Å². The van der Waals surface area contributed by atoms with Gasteiger partial charge in [-0.3, -0.25) is 0 Å².